The minimum atomic E-state index is 0.866. The number of fused-ring (bicyclic) bond motifs is 2. The van der Waals surface area contributed by atoms with E-state index in [0.29, 0.717) is 0 Å². The van der Waals surface area contributed by atoms with Crippen molar-refractivity contribution in [2.75, 3.05) is 0 Å². The smallest absolute Gasteiger partial charge is 0.0236 e. The molecule has 1 aliphatic heterocycles. The summed E-state index contributed by atoms with van der Waals surface area (Å²) in [6.07, 6.45) is 6.23. The number of hydrogen-bond acceptors (Lipinski definition) is 1. The van der Waals surface area contributed by atoms with Gasteiger partial charge in [0.1, 0.15) is 0 Å². The molecule has 1 heterocycles. The van der Waals surface area contributed by atoms with Crippen LogP contribution in [0.4, 0.5) is 0 Å². The van der Waals surface area contributed by atoms with Gasteiger partial charge in [-0.25, -0.2) is 0 Å². The van der Waals surface area contributed by atoms with Crippen LogP contribution in [0.1, 0.15) is 20.3 Å². The minimum Gasteiger partial charge on any atom is -0.150 e. The maximum absolute atomic E-state index is 2.42. The van der Waals surface area contributed by atoms with Crippen molar-refractivity contribution in [3.05, 3.63) is 12.2 Å². The summed E-state index contributed by atoms with van der Waals surface area (Å²) in [6, 6.07) is 0. The zero-order chi connectivity index (χ0) is 7.14. The number of hydrogen-bond donors (Lipinski definition) is 0. The molecule has 1 saturated heterocycles. The third-order valence-corrected chi connectivity index (χ3v) is 4.40. The SMILES string of the molecule is CC(C)[C@@H]1S[C@H]2C=C[C@@H]1C2. The van der Waals surface area contributed by atoms with Gasteiger partial charge in [0.2, 0.25) is 0 Å². The lowest BCUT2D eigenvalue weighted by molar-refractivity contribution is 0.511. The lowest BCUT2D eigenvalue weighted by Gasteiger charge is -2.20. The summed E-state index contributed by atoms with van der Waals surface area (Å²) in [5.41, 5.74) is 0. The second kappa shape index (κ2) is 2.30. The van der Waals surface area contributed by atoms with E-state index in [1.54, 1.807) is 0 Å². The minimum absolute atomic E-state index is 0.866. The fourth-order valence-electron chi connectivity index (χ4n) is 1.99. The Labute approximate surface area is 67.1 Å². The average molecular weight is 154 g/mol. The molecule has 56 valence electrons. The Morgan fingerprint density at radius 2 is 2.20 bits per heavy atom. The van der Waals surface area contributed by atoms with Gasteiger partial charge in [0.25, 0.3) is 0 Å². The third-order valence-electron chi connectivity index (χ3n) is 2.49. The first-order valence-corrected chi connectivity index (χ1v) is 5.05. The maximum atomic E-state index is 2.42. The second-order valence-corrected chi connectivity index (χ2v) is 5.09. The van der Waals surface area contributed by atoms with Crippen LogP contribution in [-0.2, 0) is 0 Å². The van der Waals surface area contributed by atoms with Crippen LogP contribution in [0.2, 0.25) is 0 Å². The first-order valence-electron chi connectivity index (χ1n) is 4.11. The van der Waals surface area contributed by atoms with Crippen molar-refractivity contribution in [3.63, 3.8) is 0 Å². The average Bonchev–Trinajstić information content (AvgIpc) is 2.44. The molecule has 0 nitrogen and oxygen atoms in total. The molecule has 0 amide bonds. The van der Waals surface area contributed by atoms with E-state index < -0.39 is 0 Å². The van der Waals surface area contributed by atoms with E-state index in [1.807, 2.05) is 0 Å². The van der Waals surface area contributed by atoms with E-state index in [0.717, 1.165) is 22.3 Å². The molecule has 0 N–H and O–H groups in total. The summed E-state index contributed by atoms with van der Waals surface area (Å²) in [5.74, 6) is 1.78. The van der Waals surface area contributed by atoms with Crippen molar-refractivity contribution in [3.8, 4) is 0 Å². The normalized spacial score (nSPS) is 43.7. The molecular weight excluding hydrogens is 140 g/mol. The molecule has 10 heavy (non-hydrogen) atoms. The lowest BCUT2D eigenvalue weighted by atomic mass is 9.96. The number of rotatable bonds is 1. The van der Waals surface area contributed by atoms with Gasteiger partial charge in [-0.2, -0.15) is 11.8 Å². The van der Waals surface area contributed by atoms with Crippen LogP contribution in [-0.4, -0.2) is 10.5 Å². The Kier molecular flexibility index (Phi) is 1.56. The van der Waals surface area contributed by atoms with Gasteiger partial charge < -0.3 is 0 Å². The summed E-state index contributed by atoms with van der Waals surface area (Å²) in [4.78, 5) is 0. The molecule has 2 rings (SSSR count). The number of allylic oxidation sites excluding steroid dienone is 1. The highest BCUT2D eigenvalue weighted by Crippen LogP contribution is 2.47. The Bertz CT molecular complexity index is 160. The van der Waals surface area contributed by atoms with E-state index >= 15 is 0 Å². The largest absolute Gasteiger partial charge is 0.150 e. The molecule has 0 aromatic carbocycles. The fourth-order valence-corrected chi connectivity index (χ4v) is 3.63. The highest BCUT2D eigenvalue weighted by molar-refractivity contribution is 8.01. The molecule has 0 aromatic rings. The zero-order valence-electron chi connectivity index (χ0n) is 6.58. The van der Waals surface area contributed by atoms with Crippen molar-refractivity contribution in [1.82, 2.24) is 0 Å². The van der Waals surface area contributed by atoms with Gasteiger partial charge in [0.05, 0.1) is 0 Å². The molecule has 1 aliphatic carbocycles. The van der Waals surface area contributed by atoms with Gasteiger partial charge in [0.15, 0.2) is 0 Å². The summed E-state index contributed by atoms with van der Waals surface area (Å²) in [6.45, 7) is 4.68. The summed E-state index contributed by atoms with van der Waals surface area (Å²) >= 11 is 2.18. The Balaban J connectivity index is 2.09. The monoisotopic (exact) mass is 154 g/mol. The Hall–Kier alpha value is 0.0900. The van der Waals surface area contributed by atoms with Crippen molar-refractivity contribution in [2.45, 2.75) is 30.8 Å². The van der Waals surface area contributed by atoms with Crippen LogP contribution in [0.5, 0.6) is 0 Å². The predicted molar refractivity (Wildman–Crippen MR) is 47.3 cm³/mol. The maximum Gasteiger partial charge on any atom is 0.0236 e. The second-order valence-electron chi connectivity index (χ2n) is 3.67. The van der Waals surface area contributed by atoms with E-state index in [1.165, 1.54) is 6.42 Å². The van der Waals surface area contributed by atoms with Crippen LogP contribution in [0.15, 0.2) is 12.2 Å². The van der Waals surface area contributed by atoms with Gasteiger partial charge in [-0.3, -0.25) is 0 Å². The summed E-state index contributed by atoms with van der Waals surface area (Å²) in [7, 11) is 0. The van der Waals surface area contributed by atoms with Gasteiger partial charge in [0, 0.05) is 10.5 Å². The van der Waals surface area contributed by atoms with Crippen LogP contribution in [0, 0.1) is 11.8 Å². The van der Waals surface area contributed by atoms with Crippen LogP contribution in [0.3, 0.4) is 0 Å². The summed E-state index contributed by atoms with van der Waals surface area (Å²) in [5, 5.41) is 1.80. The molecule has 0 unspecified atom stereocenters. The lowest BCUT2D eigenvalue weighted by Crippen LogP contribution is -2.16. The van der Waals surface area contributed by atoms with Crippen molar-refractivity contribution < 1.29 is 0 Å². The van der Waals surface area contributed by atoms with Crippen LogP contribution in [0.25, 0.3) is 0 Å². The highest BCUT2D eigenvalue weighted by atomic mass is 32.2. The molecule has 1 fully saturated rings. The topological polar surface area (TPSA) is 0 Å². The summed E-state index contributed by atoms with van der Waals surface area (Å²) < 4.78 is 0. The van der Waals surface area contributed by atoms with E-state index in [9.17, 15) is 0 Å². The van der Waals surface area contributed by atoms with Crippen LogP contribution < -0.4 is 0 Å². The van der Waals surface area contributed by atoms with E-state index in [4.69, 9.17) is 0 Å². The van der Waals surface area contributed by atoms with E-state index in [2.05, 4.69) is 37.8 Å². The number of thioether (sulfide) groups is 1. The van der Waals surface area contributed by atoms with Gasteiger partial charge >= 0.3 is 0 Å². The molecule has 1 heteroatoms. The van der Waals surface area contributed by atoms with Crippen molar-refractivity contribution in [2.24, 2.45) is 11.8 Å². The molecule has 3 atom stereocenters. The van der Waals surface area contributed by atoms with Gasteiger partial charge in [-0.05, 0) is 18.3 Å². The van der Waals surface area contributed by atoms with Gasteiger partial charge in [-0.1, -0.05) is 26.0 Å². The molecule has 0 radical (unpaired) electrons. The molecular formula is C9H14S. The first kappa shape index (κ1) is 6.78. The molecule has 0 aromatic heterocycles. The molecule has 2 bridgehead atoms. The highest BCUT2D eigenvalue weighted by Gasteiger charge is 2.37. The molecule has 0 saturated carbocycles. The molecule has 2 aliphatic rings. The first-order chi connectivity index (χ1) is 4.77. The fraction of sp³-hybridized carbons (Fsp3) is 0.778. The Morgan fingerprint density at radius 1 is 1.40 bits per heavy atom. The standard InChI is InChI=1S/C9H14S/c1-6(2)9-7-3-4-8(5-7)10-9/h3-4,6-9H,5H2,1-2H3/t7-,8+,9+/m1/s1. The third kappa shape index (κ3) is 0.914. The van der Waals surface area contributed by atoms with Crippen molar-refractivity contribution in [1.29, 1.82) is 0 Å². The zero-order valence-corrected chi connectivity index (χ0v) is 7.40. The van der Waals surface area contributed by atoms with Crippen molar-refractivity contribution >= 4 is 11.8 Å². The van der Waals surface area contributed by atoms with E-state index in [-0.39, 0.29) is 0 Å². The van der Waals surface area contributed by atoms with Gasteiger partial charge in [-0.15, -0.1) is 0 Å². The predicted octanol–water partition coefficient (Wildman–Crippen LogP) is 2.70. The molecule has 0 spiro atoms. The Morgan fingerprint density at radius 3 is 2.50 bits per heavy atom. The van der Waals surface area contributed by atoms with Crippen LogP contribution >= 0.6 is 11.8 Å². The quantitative estimate of drug-likeness (QED) is 0.523.